The zero-order chi connectivity index (χ0) is 25.9. The van der Waals surface area contributed by atoms with Gasteiger partial charge in [0.15, 0.2) is 5.82 Å². The molecule has 0 aliphatic heterocycles. The van der Waals surface area contributed by atoms with Gasteiger partial charge in [0.2, 0.25) is 5.91 Å². The van der Waals surface area contributed by atoms with Crippen LogP contribution in [-0.2, 0) is 4.79 Å². The van der Waals surface area contributed by atoms with Crippen molar-refractivity contribution in [3.05, 3.63) is 69.8 Å². The molecule has 1 aromatic carbocycles. The van der Waals surface area contributed by atoms with Crippen LogP contribution >= 0.6 is 11.3 Å². The van der Waals surface area contributed by atoms with E-state index < -0.39 is 0 Å². The summed E-state index contributed by atoms with van der Waals surface area (Å²) in [5.41, 5.74) is 5.63. The molecule has 0 unspecified atom stereocenters. The van der Waals surface area contributed by atoms with Crippen LogP contribution in [-0.4, -0.2) is 43.8 Å². The maximum Gasteiger partial charge on any atom is 0.224 e. The van der Waals surface area contributed by atoms with E-state index in [-0.39, 0.29) is 5.91 Å². The Bertz CT molecular complexity index is 1740. The number of para-hydroxylation sites is 1. The Morgan fingerprint density at radius 3 is 2.86 bits per heavy atom. The molecule has 0 aliphatic carbocycles. The number of anilines is 1. The Hall–Kier alpha value is -4.37. The van der Waals surface area contributed by atoms with E-state index >= 15 is 0 Å². The number of nitrogens with one attached hydrogen (secondary N) is 3. The molecule has 37 heavy (non-hydrogen) atoms. The molecule has 9 heteroatoms. The molecule has 0 saturated carbocycles. The first-order chi connectivity index (χ1) is 18.0. The molecule has 0 fully saturated rings. The minimum atomic E-state index is -0.0421. The van der Waals surface area contributed by atoms with Crippen molar-refractivity contribution in [1.29, 1.82) is 0 Å². The number of hydrogen-bond donors (Lipinski definition) is 3. The Morgan fingerprint density at radius 1 is 1.24 bits per heavy atom. The van der Waals surface area contributed by atoms with Crippen LogP contribution in [0.2, 0.25) is 0 Å². The second-order valence-electron chi connectivity index (χ2n) is 8.68. The second kappa shape index (κ2) is 10.3. The number of pyridine rings is 1. The summed E-state index contributed by atoms with van der Waals surface area (Å²) in [6, 6.07) is 12.2. The highest BCUT2D eigenvalue weighted by Gasteiger charge is 2.15. The number of aromatic amines is 2. The molecule has 8 nitrogen and oxygen atoms in total. The Balaban J connectivity index is 1.56. The van der Waals surface area contributed by atoms with Crippen molar-refractivity contribution in [3.63, 3.8) is 0 Å². The quantitative estimate of drug-likeness (QED) is 0.282. The van der Waals surface area contributed by atoms with Crippen LogP contribution in [0.5, 0.6) is 0 Å². The third-order valence-corrected chi connectivity index (χ3v) is 6.98. The van der Waals surface area contributed by atoms with Crippen molar-refractivity contribution in [3.8, 4) is 22.0 Å². The maximum absolute atomic E-state index is 12.0. The SMILES string of the molecule is C=c1[nH]nc(-c2nc3c(-c4ccc(C)s4)cccc3[nH]2)/c1=C/C(=N\C)c1cncc(NC(=O)CCC)c1. The molecule has 0 bridgehead atoms. The third-order valence-electron chi connectivity index (χ3n) is 5.94. The van der Waals surface area contributed by atoms with Gasteiger partial charge in [-0.1, -0.05) is 25.6 Å². The number of aliphatic imine (C=N–C) groups is 1. The van der Waals surface area contributed by atoms with E-state index in [1.165, 1.54) is 9.75 Å². The highest BCUT2D eigenvalue weighted by molar-refractivity contribution is 7.15. The first kappa shape index (κ1) is 24.3. The summed E-state index contributed by atoms with van der Waals surface area (Å²) >= 11 is 1.74. The molecule has 3 N–H and O–H groups in total. The molecule has 0 radical (unpaired) electrons. The standard InChI is InChI=1S/C28H27N7OS/c1-5-7-25(36)31-19-12-18(14-30-15-19)23(29-4)13-21-17(3)34-35-27(21)28-32-22-9-6-8-20(26(22)33-28)24-11-10-16(2)37-24/h6,8-15,34H,3,5,7H2,1-2,4H3,(H,31,36)(H,32,33)/b21-13+,29-23+. The van der Waals surface area contributed by atoms with Crippen molar-refractivity contribution in [2.75, 3.05) is 12.4 Å². The predicted molar refractivity (Wildman–Crippen MR) is 151 cm³/mol. The Labute approximate surface area is 217 Å². The molecule has 1 amide bonds. The lowest BCUT2D eigenvalue weighted by Gasteiger charge is -2.06. The number of nitrogens with zero attached hydrogens (tertiary/aromatic N) is 4. The highest BCUT2D eigenvalue weighted by atomic mass is 32.1. The summed E-state index contributed by atoms with van der Waals surface area (Å²) in [6.07, 6.45) is 6.49. The average Bonchev–Trinajstić information content (AvgIpc) is 3.60. The number of carbonyl (C=O) groups excluding carboxylic acids is 1. The molecular formula is C28H27N7OS. The van der Waals surface area contributed by atoms with Crippen molar-refractivity contribution in [1.82, 2.24) is 25.1 Å². The smallest absolute Gasteiger partial charge is 0.224 e. The van der Waals surface area contributed by atoms with E-state index in [2.05, 4.69) is 62.2 Å². The zero-order valence-electron chi connectivity index (χ0n) is 20.9. The number of fused-ring (bicyclic) bond motifs is 1. The first-order valence-electron chi connectivity index (χ1n) is 12.0. The number of amides is 1. The Kier molecular flexibility index (Phi) is 6.78. The summed E-state index contributed by atoms with van der Waals surface area (Å²) in [6.45, 7) is 8.20. The third kappa shape index (κ3) is 4.99. The van der Waals surface area contributed by atoms with Gasteiger partial charge in [0.05, 0.1) is 34.0 Å². The lowest BCUT2D eigenvalue weighted by Crippen LogP contribution is -2.24. The van der Waals surface area contributed by atoms with Gasteiger partial charge >= 0.3 is 0 Å². The summed E-state index contributed by atoms with van der Waals surface area (Å²) < 4.78 is 0. The average molecular weight is 510 g/mol. The van der Waals surface area contributed by atoms with Gasteiger partial charge in [-0.05, 0) is 43.7 Å². The van der Waals surface area contributed by atoms with E-state index in [4.69, 9.17) is 4.98 Å². The monoisotopic (exact) mass is 509 g/mol. The molecular weight excluding hydrogens is 482 g/mol. The van der Waals surface area contributed by atoms with Gasteiger partial charge in [0.25, 0.3) is 0 Å². The van der Waals surface area contributed by atoms with Gasteiger partial charge in [-0.25, -0.2) is 4.98 Å². The van der Waals surface area contributed by atoms with Crippen LogP contribution < -0.4 is 15.9 Å². The maximum atomic E-state index is 12.0. The van der Waals surface area contributed by atoms with Crippen molar-refractivity contribution < 1.29 is 4.79 Å². The fraction of sp³-hybridized carbons (Fsp3) is 0.179. The molecule has 4 aromatic heterocycles. The van der Waals surface area contributed by atoms with E-state index in [0.29, 0.717) is 34.7 Å². The van der Waals surface area contributed by atoms with Crippen LogP contribution in [0.25, 0.3) is 45.6 Å². The van der Waals surface area contributed by atoms with Crippen molar-refractivity contribution in [2.24, 2.45) is 4.99 Å². The van der Waals surface area contributed by atoms with Gasteiger partial charge in [0, 0.05) is 45.8 Å². The minimum Gasteiger partial charge on any atom is -0.337 e. The minimum absolute atomic E-state index is 0.0421. The summed E-state index contributed by atoms with van der Waals surface area (Å²) in [7, 11) is 1.72. The van der Waals surface area contributed by atoms with Crippen LogP contribution in [0.1, 0.15) is 30.2 Å². The molecule has 0 saturated heterocycles. The zero-order valence-corrected chi connectivity index (χ0v) is 21.7. The number of benzene rings is 1. The van der Waals surface area contributed by atoms with Crippen LogP contribution in [0.4, 0.5) is 5.69 Å². The number of thiophene rings is 1. The van der Waals surface area contributed by atoms with Crippen LogP contribution in [0.3, 0.4) is 0 Å². The van der Waals surface area contributed by atoms with E-state index in [9.17, 15) is 4.79 Å². The lowest BCUT2D eigenvalue weighted by molar-refractivity contribution is -0.116. The first-order valence-corrected chi connectivity index (χ1v) is 12.8. The highest BCUT2D eigenvalue weighted by Crippen LogP contribution is 2.33. The number of carbonyl (C=O) groups is 1. The second-order valence-corrected chi connectivity index (χ2v) is 9.96. The number of aromatic nitrogens is 5. The summed E-state index contributed by atoms with van der Waals surface area (Å²) in [5, 5.41) is 11.8. The predicted octanol–water partition coefficient (Wildman–Crippen LogP) is 4.43. The normalized spacial score (nSPS) is 12.4. The number of aryl methyl sites for hydroxylation is 1. The Morgan fingerprint density at radius 2 is 2.11 bits per heavy atom. The van der Waals surface area contributed by atoms with Gasteiger partial charge in [-0.3, -0.25) is 19.9 Å². The topological polar surface area (TPSA) is 112 Å². The lowest BCUT2D eigenvalue weighted by atomic mass is 10.1. The van der Waals surface area contributed by atoms with Gasteiger partial charge in [0.1, 0.15) is 5.69 Å². The molecule has 4 heterocycles. The van der Waals surface area contributed by atoms with Crippen molar-refractivity contribution in [2.45, 2.75) is 26.7 Å². The van der Waals surface area contributed by atoms with E-state index in [0.717, 1.165) is 33.8 Å². The number of rotatable bonds is 7. The molecule has 0 aliphatic rings. The van der Waals surface area contributed by atoms with Crippen molar-refractivity contribution >= 4 is 52.3 Å². The molecule has 5 aromatic rings. The summed E-state index contributed by atoms with van der Waals surface area (Å²) in [5.74, 6) is 0.599. The number of hydrogen-bond acceptors (Lipinski definition) is 6. The van der Waals surface area contributed by atoms with Gasteiger partial charge < -0.3 is 10.3 Å². The van der Waals surface area contributed by atoms with Crippen LogP contribution in [0.15, 0.2) is 53.8 Å². The number of H-pyrrole nitrogens is 2. The van der Waals surface area contributed by atoms with Gasteiger partial charge in [-0.2, -0.15) is 5.10 Å². The van der Waals surface area contributed by atoms with Gasteiger partial charge in [-0.15, -0.1) is 11.3 Å². The largest absolute Gasteiger partial charge is 0.337 e. The fourth-order valence-corrected chi connectivity index (χ4v) is 5.05. The summed E-state index contributed by atoms with van der Waals surface area (Å²) in [4.78, 5) is 31.6. The molecule has 0 atom stereocenters. The van der Waals surface area contributed by atoms with E-state index in [1.54, 1.807) is 30.8 Å². The molecule has 0 spiro atoms. The van der Waals surface area contributed by atoms with Crippen LogP contribution in [0, 0.1) is 6.92 Å². The number of imidazole rings is 1. The molecule has 5 rings (SSSR count). The fourth-order valence-electron chi connectivity index (χ4n) is 4.16. The van der Waals surface area contributed by atoms with E-state index in [1.807, 2.05) is 31.2 Å². The molecule has 186 valence electrons.